The Morgan fingerprint density at radius 3 is 2.57 bits per heavy atom. The third-order valence-corrected chi connectivity index (χ3v) is 3.13. The summed E-state index contributed by atoms with van der Waals surface area (Å²) in [4.78, 5) is 4.90. The first kappa shape index (κ1) is 10.4. The summed E-state index contributed by atoms with van der Waals surface area (Å²) in [5.41, 5.74) is 0. The first-order valence-corrected chi connectivity index (χ1v) is 5.61. The summed E-state index contributed by atoms with van der Waals surface area (Å²) in [5, 5.41) is 12.6. The number of aliphatic hydroxyl groups is 1. The fourth-order valence-corrected chi connectivity index (χ4v) is 2.34. The molecule has 2 aliphatic rings. The topological polar surface area (TPSA) is 38.7 Å². The van der Waals surface area contributed by atoms with Crippen molar-refractivity contribution in [1.82, 2.24) is 15.1 Å². The van der Waals surface area contributed by atoms with Gasteiger partial charge in [0.25, 0.3) is 0 Å². The van der Waals surface area contributed by atoms with Gasteiger partial charge in [-0.2, -0.15) is 0 Å². The SMILES string of the molecule is C[C@@H](O)CN1CC(N2CCNCC2)C1. The van der Waals surface area contributed by atoms with E-state index in [9.17, 15) is 5.11 Å². The molecule has 14 heavy (non-hydrogen) atoms. The minimum absolute atomic E-state index is 0.182. The van der Waals surface area contributed by atoms with Crippen LogP contribution in [-0.4, -0.2) is 72.9 Å². The largest absolute Gasteiger partial charge is 0.392 e. The Labute approximate surface area is 85.9 Å². The molecule has 2 fully saturated rings. The molecule has 4 nitrogen and oxygen atoms in total. The van der Waals surface area contributed by atoms with Crippen LogP contribution in [0.2, 0.25) is 0 Å². The van der Waals surface area contributed by atoms with E-state index in [0.717, 1.165) is 38.8 Å². The lowest BCUT2D eigenvalue weighted by Gasteiger charge is -2.47. The van der Waals surface area contributed by atoms with Crippen molar-refractivity contribution in [2.75, 3.05) is 45.8 Å². The fraction of sp³-hybridized carbons (Fsp3) is 1.00. The smallest absolute Gasteiger partial charge is 0.0639 e. The number of hydrogen-bond donors (Lipinski definition) is 2. The van der Waals surface area contributed by atoms with Gasteiger partial charge in [-0.25, -0.2) is 0 Å². The zero-order chi connectivity index (χ0) is 9.97. The molecular formula is C10H21N3O. The third kappa shape index (κ3) is 2.45. The molecule has 4 heteroatoms. The van der Waals surface area contributed by atoms with E-state index in [0.29, 0.717) is 0 Å². The van der Waals surface area contributed by atoms with E-state index in [1.165, 1.54) is 13.1 Å². The highest BCUT2D eigenvalue weighted by Gasteiger charge is 2.32. The number of rotatable bonds is 3. The number of hydrogen-bond acceptors (Lipinski definition) is 4. The summed E-state index contributed by atoms with van der Waals surface area (Å²) in [6, 6.07) is 0.746. The summed E-state index contributed by atoms with van der Waals surface area (Å²) >= 11 is 0. The Bertz CT molecular complexity index is 174. The Morgan fingerprint density at radius 2 is 2.00 bits per heavy atom. The lowest BCUT2D eigenvalue weighted by molar-refractivity contribution is 0.00323. The standard InChI is InChI=1S/C10H21N3O/c1-9(14)6-12-7-10(8-12)13-4-2-11-3-5-13/h9-11,14H,2-8H2,1H3/t9-/m1/s1. The van der Waals surface area contributed by atoms with E-state index in [4.69, 9.17) is 0 Å². The molecule has 0 unspecified atom stereocenters. The molecule has 0 aromatic heterocycles. The molecule has 2 N–H and O–H groups in total. The van der Waals surface area contributed by atoms with Gasteiger partial charge >= 0.3 is 0 Å². The minimum atomic E-state index is -0.182. The maximum Gasteiger partial charge on any atom is 0.0639 e. The molecule has 2 heterocycles. The summed E-state index contributed by atoms with van der Waals surface area (Å²) < 4.78 is 0. The lowest BCUT2D eigenvalue weighted by Crippen LogP contribution is -2.63. The minimum Gasteiger partial charge on any atom is -0.392 e. The van der Waals surface area contributed by atoms with Gasteiger partial charge < -0.3 is 10.4 Å². The molecule has 2 saturated heterocycles. The van der Waals surface area contributed by atoms with Crippen LogP contribution in [0.1, 0.15) is 6.92 Å². The van der Waals surface area contributed by atoms with Gasteiger partial charge in [-0.3, -0.25) is 9.80 Å². The molecule has 0 aromatic rings. The van der Waals surface area contributed by atoms with E-state index in [1.807, 2.05) is 6.92 Å². The molecule has 1 atom stereocenters. The quantitative estimate of drug-likeness (QED) is 0.609. The van der Waals surface area contributed by atoms with E-state index < -0.39 is 0 Å². The maximum absolute atomic E-state index is 9.22. The van der Waals surface area contributed by atoms with E-state index >= 15 is 0 Å². The van der Waals surface area contributed by atoms with Gasteiger partial charge in [0.05, 0.1) is 6.10 Å². The van der Waals surface area contributed by atoms with Crippen molar-refractivity contribution in [3.8, 4) is 0 Å². The zero-order valence-electron chi connectivity index (χ0n) is 8.95. The van der Waals surface area contributed by atoms with Crippen LogP contribution in [0, 0.1) is 0 Å². The Kier molecular flexibility index (Phi) is 3.38. The van der Waals surface area contributed by atoms with Crippen LogP contribution in [0.3, 0.4) is 0 Å². The van der Waals surface area contributed by atoms with Crippen LogP contribution >= 0.6 is 0 Å². The fourth-order valence-electron chi connectivity index (χ4n) is 2.34. The predicted octanol–water partition coefficient (Wildman–Crippen LogP) is -1.04. The summed E-state index contributed by atoms with van der Waals surface area (Å²) in [6.07, 6.45) is -0.182. The van der Waals surface area contributed by atoms with Gasteiger partial charge in [-0.1, -0.05) is 0 Å². The molecule has 0 amide bonds. The maximum atomic E-state index is 9.22. The number of likely N-dealkylation sites (tertiary alicyclic amines) is 1. The molecule has 2 aliphatic heterocycles. The highest BCUT2D eigenvalue weighted by atomic mass is 16.3. The average Bonchev–Trinajstić information content (AvgIpc) is 2.12. The number of nitrogens with zero attached hydrogens (tertiary/aromatic N) is 2. The van der Waals surface area contributed by atoms with Gasteiger partial charge in [0.15, 0.2) is 0 Å². The van der Waals surface area contributed by atoms with Crippen molar-refractivity contribution in [2.24, 2.45) is 0 Å². The lowest BCUT2D eigenvalue weighted by atomic mass is 10.1. The monoisotopic (exact) mass is 199 g/mol. The number of nitrogens with one attached hydrogen (secondary N) is 1. The van der Waals surface area contributed by atoms with Gasteiger partial charge in [-0.05, 0) is 6.92 Å². The highest BCUT2D eigenvalue weighted by molar-refractivity contribution is 4.90. The second-order valence-corrected chi connectivity index (χ2v) is 4.51. The molecule has 2 rings (SSSR count). The molecule has 0 radical (unpaired) electrons. The second kappa shape index (κ2) is 4.57. The van der Waals surface area contributed by atoms with E-state index in [1.54, 1.807) is 0 Å². The van der Waals surface area contributed by atoms with Crippen LogP contribution in [0.25, 0.3) is 0 Å². The molecule has 0 bridgehead atoms. The first-order chi connectivity index (χ1) is 6.75. The van der Waals surface area contributed by atoms with Gasteiger partial charge in [0.1, 0.15) is 0 Å². The third-order valence-electron chi connectivity index (χ3n) is 3.13. The predicted molar refractivity (Wildman–Crippen MR) is 56.4 cm³/mol. The first-order valence-electron chi connectivity index (χ1n) is 5.61. The van der Waals surface area contributed by atoms with Gasteiger partial charge in [-0.15, -0.1) is 0 Å². The van der Waals surface area contributed by atoms with Crippen LogP contribution in [0.5, 0.6) is 0 Å². The van der Waals surface area contributed by atoms with Crippen molar-refractivity contribution in [3.05, 3.63) is 0 Å². The number of piperazine rings is 1. The number of aliphatic hydroxyl groups excluding tert-OH is 1. The van der Waals surface area contributed by atoms with Gasteiger partial charge in [0, 0.05) is 51.9 Å². The van der Waals surface area contributed by atoms with Crippen LogP contribution < -0.4 is 5.32 Å². The van der Waals surface area contributed by atoms with Crippen LogP contribution in [0.15, 0.2) is 0 Å². The van der Waals surface area contributed by atoms with Crippen molar-refractivity contribution < 1.29 is 5.11 Å². The summed E-state index contributed by atoms with van der Waals surface area (Å²) in [6.45, 7) is 9.62. The molecule has 82 valence electrons. The molecule has 0 saturated carbocycles. The summed E-state index contributed by atoms with van der Waals surface area (Å²) in [5.74, 6) is 0. The molecule has 0 aromatic carbocycles. The molecule has 0 aliphatic carbocycles. The molecular weight excluding hydrogens is 178 g/mol. The summed E-state index contributed by atoms with van der Waals surface area (Å²) in [7, 11) is 0. The van der Waals surface area contributed by atoms with Crippen LogP contribution in [-0.2, 0) is 0 Å². The van der Waals surface area contributed by atoms with Crippen molar-refractivity contribution in [2.45, 2.75) is 19.1 Å². The highest BCUT2D eigenvalue weighted by Crippen LogP contribution is 2.15. The van der Waals surface area contributed by atoms with Crippen molar-refractivity contribution in [3.63, 3.8) is 0 Å². The van der Waals surface area contributed by atoms with Crippen molar-refractivity contribution >= 4 is 0 Å². The zero-order valence-corrected chi connectivity index (χ0v) is 8.95. The second-order valence-electron chi connectivity index (χ2n) is 4.51. The van der Waals surface area contributed by atoms with Gasteiger partial charge in [0.2, 0.25) is 0 Å². The Morgan fingerprint density at radius 1 is 1.36 bits per heavy atom. The normalized spacial score (nSPS) is 28.7. The number of β-amino-alcohol motifs (C(OH)–C–C–N with tert-alkyl or cyclic N) is 1. The van der Waals surface area contributed by atoms with Crippen molar-refractivity contribution in [1.29, 1.82) is 0 Å². The average molecular weight is 199 g/mol. The van der Waals surface area contributed by atoms with E-state index in [2.05, 4.69) is 15.1 Å². The molecule has 0 spiro atoms. The Hall–Kier alpha value is -0.160. The van der Waals surface area contributed by atoms with E-state index in [-0.39, 0.29) is 6.10 Å². The van der Waals surface area contributed by atoms with Crippen LogP contribution in [0.4, 0.5) is 0 Å². The Balaban J connectivity index is 1.66.